The average Bonchev–Trinajstić information content (AvgIpc) is 3.06. The van der Waals surface area contributed by atoms with E-state index in [0.29, 0.717) is 18.4 Å². The zero-order chi connectivity index (χ0) is 12.5. The summed E-state index contributed by atoms with van der Waals surface area (Å²) in [5.74, 6) is -0.595. The van der Waals surface area contributed by atoms with Crippen molar-refractivity contribution in [1.29, 1.82) is 0 Å². The summed E-state index contributed by atoms with van der Waals surface area (Å²) >= 11 is 0. The standard InChI is InChI=1S/C12H15FN2O2.ClH/c13-9-3-1-8(2-4-9)10(16)7-15-11(17)12(14)5-6-12;/h1-4,10,16H,5-7,14H2,(H,15,17);1H. The van der Waals surface area contributed by atoms with Crippen molar-refractivity contribution in [3.8, 4) is 0 Å². The topological polar surface area (TPSA) is 75.4 Å². The highest BCUT2D eigenvalue weighted by Gasteiger charge is 2.45. The highest BCUT2D eigenvalue weighted by atomic mass is 35.5. The Morgan fingerprint density at radius 3 is 2.50 bits per heavy atom. The second-order valence-electron chi connectivity index (χ2n) is 4.43. The molecule has 1 unspecified atom stereocenters. The van der Waals surface area contributed by atoms with Crippen LogP contribution in [0.1, 0.15) is 24.5 Å². The highest BCUT2D eigenvalue weighted by molar-refractivity contribution is 5.88. The van der Waals surface area contributed by atoms with Gasteiger partial charge in [0.05, 0.1) is 11.6 Å². The van der Waals surface area contributed by atoms with Crippen molar-refractivity contribution in [1.82, 2.24) is 5.32 Å². The number of hydrogen-bond acceptors (Lipinski definition) is 3. The predicted molar refractivity (Wildman–Crippen MR) is 67.8 cm³/mol. The second-order valence-corrected chi connectivity index (χ2v) is 4.43. The zero-order valence-electron chi connectivity index (χ0n) is 9.73. The summed E-state index contributed by atoms with van der Waals surface area (Å²) in [7, 11) is 0. The fourth-order valence-electron chi connectivity index (χ4n) is 1.53. The fraction of sp³-hybridized carbons (Fsp3) is 0.417. The minimum atomic E-state index is -0.845. The van der Waals surface area contributed by atoms with Crippen molar-refractivity contribution < 1.29 is 14.3 Å². The smallest absolute Gasteiger partial charge is 0.240 e. The minimum Gasteiger partial charge on any atom is -0.387 e. The molecule has 0 radical (unpaired) electrons. The first kappa shape index (κ1) is 14.9. The van der Waals surface area contributed by atoms with E-state index in [1.54, 1.807) is 0 Å². The van der Waals surface area contributed by atoms with Crippen molar-refractivity contribution in [2.24, 2.45) is 5.73 Å². The van der Waals surface area contributed by atoms with Crippen LogP contribution in [0, 0.1) is 5.82 Å². The number of carbonyl (C=O) groups excluding carboxylic acids is 1. The fourth-order valence-corrected chi connectivity index (χ4v) is 1.53. The van der Waals surface area contributed by atoms with E-state index in [-0.39, 0.29) is 30.7 Å². The summed E-state index contributed by atoms with van der Waals surface area (Å²) in [6.45, 7) is 0.0867. The Labute approximate surface area is 111 Å². The number of aliphatic hydroxyl groups is 1. The summed E-state index contributed by atoms with van der Waals surface area (Å²) in [5.41, 5.74) is 5.52. The van der Waals surface area contributed by atoms with Crippen molar-refractivity contribution >= 4 is 18.3 Å². The maximum atomic E-state index is 12.7. The van der Waals surface area contributed by atoms with Gasteiger partial charge < -0.3 is 16.2 Å². The van der Waals surface area contributed by atoms with Crippen LogP contribution >= 0.6 is 12.4 Å². The molecule has 1 fully saturated rings. The molecule has 18 heavy (non-hydrogen) atoms. The molecule has 0 bridgehead atoms. The van der Waals surface area contributed by atoms with Gasteiger partial charge in [-0.2, -0.15) is 0 Å². The van der Waals surface area contributed by atoms with Crippen LogP contribution in [-0.4, -0.2) is 23.1 Å². The van der Waals surface area contributed by atoms with E-state index in [1.165, 1.54) is 24.3 Å². The molecule has 0 spiro atoms. The van der Waals surface area contributed by atoms with E-state index in [2.05, 4.69) is 5.32 Å². The van der Waals surface area contributed by atoms with Crippen LogP contribution in [-0.2, 0) is 4.79 Å². The van der Waals surface area contributed by atoms with Crippen LogP contribution in [0.3, 0.4) is 0 Å². The predicted octanol–water partition coefficient (Wildman–Crippen LogP) is 0.888. The first-order chi connectivity index (χ1) is 8.01. The van der Waals surface area contributed by atoms with Crippen molar-refractivity contribution in [3.05, 3.63) is 35.6 Å². The summed E-state index contributed by atoms with van der Waals surface area (Å²) in [5, 5.41) is 12.4. The van der Waals surface area contributed by atoms with Gasteiger partial charge in [0.25, 0.3) is 0 Å². The molecule has 2 rings (SSSR count). The molecule has 0 heterocycles. The van der Waals surface area contributed by atoms with Gasteiger partial charge in [0, 0.05) is 6.54 Å². The number of hydrogen-bond donors (Lipinski definition) is 3. The van der Waals surface area contributed by atoms with Crippen LogP contribution in [0.4, 0.5) is 4.39 Å². The largest absolute Gasteiger partial charge is 0.387 e. The molecular weight excluding hydrogens is 259 g/mol. The lowest BCUT2D eigenvalue weighted by atomic mass is 10.1. The van der Waals surface area contributed by atoms with E-state index in [9.17, 15) is 14.3 Å². The van der Waals surface area contributed by atoms with Gasteiger partial charge in [-0.3, -0.25) is 4.79 Å². The van der Waals surface area contributed by atoms with Crippen molar-refractivity contribution in [2.45, 2.75) is 24.5 Å². The lowest BCUT2D eigenvalue weighted by Crippen LogP contribution is -2.44. The van der Waals surface area contributed by atoms with Gasteiger partial charge in [-0.1, -0.05) is 12.1 Å². The lowest BCUT2D eigenvalue weighted by Gasteiger charge is -2.14. The molecule has 100 valence electrons. The number of carbonyl (C=O) groups is 1. The molecule has 4 N–H and O–H groups in total. The molecule has 4 nitrogen and oxygen atoms in total. The number of rotatable bonds is 4. The molecule has 0 saturated heterocycles. The number of amides is 1. The van der Waals surface area contributed by atoms with E-state index < -0.39 is 11.6 Å². The molecule has 1 amide bonds. The van der Waals surface area contributed by atoms with Crippen LogP contribution in [0.2, 0.25) is 0 Å². The third-order valence-electron chi connectivity index (χ3n) is 2.95. The highest BCUT2D eigenvalue weighted by Crippen LogP contribution is 2.32. The Balaban J connectivity index is 0.00000162. The second kappa shape index (κ2) is 5.65. The van der Waals surface area contributed by atoms with Crippen LogP contribution in [0.5, 0.6) is 0 Å². The summed E-state index contributed by atoms with van der Waals surface area (Å²) in [4.78, 5) is 11.5. The molecule has 0 aromatic heterocycles. The maximum absolute atomic E-state index is 12.7. The monoisotopic (exact) mass is 274 g/mol. The average molecular weight is 275 g/mol. The van der Waals surface area contributed by atoms with Gasteiger partial charge >= 0.3 is 0 Å². The molecule has 1 aromatic carbocycles. The summed E-state index contributed by atoms with van der Waals surface area (Å²) in [6.07, 6.45) is 0.527. The lowest BCUT2D eigenvalue weighted by molar-refractivity contribution is -0.123. The summed E-state index contributed by atoms with van der Waals surface area (Å²) < 4.78 is 12.7. The minimum absolute atomic E-state index is 0. The maximum Gasteiger partial charge on any atom is 0.240 e. The molecule has 1 saturated carbocycles. The Morgan fingerprint density at radius 1 is 1.44 bits per heavy atom. The molecular formula is C12H16ClFN2O2. The third kappa shape index (κ3) is 3.41. The SMILES string of the molecule is Cl.NC1(C(=O)NCC(O)c2ccc(F)cc2)CC1. The van der Waals surface area contributed by atoms with Gasteiger partial charge in [-0.25, -0.2) is 4.39 Å². The van der Waals surface area contributed by atoms with E-state index in [1.807, 2.05) is 0 Å². The Morgan fingerprint density at radius 2 is 2.00 bits per heavy atom. The summed E-state index contributed by atoms with van der Waals surface area (Å²) in [6, 6.07) is 5.51. The Kier molecular flexibility index (Phi) is 4.67. The number of aliphatic hydroxyl groups excluding tert-OH is 1. The number of nitrogens with one attached hydrogen (secondary N) is 1. The number of halogens is 2. The Hall–Kier alpha value is -1.17. The third-order valence-corrected chi connectivity index (χ3v) is 2.95. The normalized spacial score (nSPS) is 17.5. The number of nitrogens with two attached hydrogens (primary N) is 1. The molecule has 1 aromatic rings. The van der Waals surface area contributed by atoms with Gasteiger partial charge in [0.15, 0.2) is 0 Å². The van der Waals surface area contributed by atoms with Gasteiger partial charge in [-0.05, 0) is 30.5 Å². The Bertz CT molecular complexity index is 421. The molecule has 1 atom stereocenters. The van der Waals surface area contributed by atoms with Crippen LogP contribution in [0.25, 0.3) is 0 Å². The van der Waals surface area contributed by atoms with Gasteiger partial charge in [-0.15, -0.1) is 12.4 Å². The van der Waals surface area contributed by atoms with E-state index in [4.69, 9.17) is 5.73 Å². The molecule has 1 aliphatic carbocycles. The first-order valence-corrected chi connectivity index (χ1v) is 5.52. The van der Waals surface area contributed by atoms with E-state index >= 15 is 0 Å². The molecule has 6 heteroatoms. The zero-order valence-corrected chi connectivity index (χ0v) is 10.5. The van der Waals surface area contributed by atoms with Gasteiger partial charge in [0.2, 0.25) is 5.91 Å². The molecule has 0 aliphatic heterocycles. The number of benzene rings is 1. The van der Waals surface area contributed by atoms with Crippen LogP contribution < -0.4 is 11.1 Å². The quantitative estimate of drug-likeness (QED) is 0.763. The van der Waals surface area contributed by atoms with Gasteiger partial charge in [0.1, 0.15) is 5.82 Å². The van der Waals surface area contributed by atoms with Crippen molar-refractivity contribution in [3.63, 3.8) is 0 Å². The first-order valence-electron chi connectivity index (χ1n) is 5.52. The van der Waals surface area contributed by atoms with Crippen molar-refractivity contribution in [2.75, 3.05) is 6.54 Å². The molecule has 1 aliphatic rings. The van der Waals surface area contributed by atoms with E-state index in [0.717, 1.165) is 0 Å². The van der Waals surface area contributed by atoms with Crippen LogP contribution in [0.15, 0.2) is 24.3 Å².